The van der Waals surface area contributed by atoms with Gasteiger partial charge in [0, 0.05) is 23.8 Å². The van der Waals surface area contributed by atoms with E-state index in [1.807, 2.05) is 24.6 Å². The van der Waals surface area contributed by atoms with Crippen molar-refractivity contribution in [3.05, 3.63) is 22.4 Å². The smallest absolute Gasteiger partial charge is 0.248 e. The zero-order valence-corrected chi connectivity index (χ0v) is 8.78. The molecule has 1 nitrogen and oxygen atoms in total. The third-order valence-electron chi connectivity index (χ3n) is 2.75. The summed E-state index contributed by atoms with van der Waals surface area (Å²) in [6.07, 6.45) is 0.0484. The lowest BCUT2D eigenvalue weighted by atomic mass is 9.76. The Bertz CT molecular complexity index is 289. The Morgan fingerprint density at radius 1 is 1.57 bits per heavy atom. The van der Waals surface area contributed by atoms with Gasteiger partial charge in [-0.1, -0.05) is 6.07 Å². The summed E-state index contributed by atoms with van der Waals surface area (Å²) in [5, 5.41) is 5.10. The molecule has 1 unspecified atom stereocenters. The summed E-state index contributed by atoms with van der Waals surface area (Å²) in [6, 6.07) is 4.07. The largest absolute Gasteiger partial charge is 0.312 e. The second-order valence-electron chi connectivity index (χ2n) is 3.81. The van der Waals surface area contributed by atoms with Crippen LogP contribution in [-0.2, 0) is 0 Å². The first-order valence-corrected chi connectivity index (χ1v) is 5.59. The van der Waals surface area contributed by atoms with Crippen LogP contribution in [0.3, 0.4) is 0 Å². The fraction of sp³-hybridized carbons (Fsp3) is 0.600. The number of halogens is 2. The van der Waals surface area contributed by atoms with Crippen molar-refractivity contribution in [3.8, 4) is 0 Å². The van der Waals surface area contributed by atoms with E-state index in [4.69, 9.17) is 0 Å². The van der Waals surface area contributed by atoms with Crippen molar-refractivity contribution in [2.24, 2.45) is 5.92 Å². The number of thiophene rings is 1. The Labute approximate surface area is 86.1 Å². The van der Waals surface area contributed by atoms with Gasteiger partial charge in [0.05, 0.1) is 0 Å². The summed E-state index contributed by atoms with van der Waals surface area (Å²) < 4.78 is 25.4. The Kier molecular flexibility index (Phi) is 2.58. The summed E-state index contributed by atoms with van der Waals surface area (Å²) in [6.45, 7) is 0. The third kappa shape index (κ3) is 1.81. The molecule has 1 heterocycles. The van der Waals surface area contributed by atoms with Crippen LogP contribution in [-0.4, -0.2) is 13.0 Å². The highest BCUT2D eigenvalue weighted by Gasteiger charge is 2.48. The molecule has 1 fully saturated rings. The van der Waals surface area contributed by atoms with E-state index in [-0.39, 0.29) is 24.8 Å². The molecule has 14 heavy (non-hydrogen) atoms. The van der Waals surface area contributed by atoms with E-state index in [0.717, 1.165) is 4.88 Å². The molecule has 0 radical (unpaired) electrons. The minimum absolute atomic E-state index is 0.0242. The van der Waals surface area contributed by atoms with Gasteiger partial charge in [-0.2, -0.15) is 0 Å². The topological polar surface area (TPSA) is 12.0 Å². The molecule has 1 aromatic rings. The van der Waals surface area contributed by atoms with Gasteiger partial charge in [0.2, 0.25) is 5.92 Å². The minimum Gasteiger partial charge on any atom is -0.312 e. The van der Waals surface area contributed by atoms with Crippen LogP contribution in [0.1, 0.15) is 23.8 Å². The first-order chi connectivity index (χ1) is 6.62. The summed E-state index contributed by atoms with van der Waals surface area (Å²) in [7, 11) is 1.83. The lowest BCUT2D eigenvalue weighted by Crippen LogP contribution is -2.42. The maximum Gasteiger partial charge on any atom is 0.248 e. The van der Waals surface area contributed by atoms with Gasteiger partial charge in [-0.15, -0.1) is 11.3 Å². The number of alkyl halides is 2. The quantitative estimate of drug-likeness (QED) is 0.820. The van der Waals surface area contributed by atoms with E-state index in [0.29, 0.717) is 0 Å². The van der Waals surface area contributed by atoms with Crippen LogP contribution in [0, 0.1) is 5.92 Å². The zero-order chi connectivity index (χ0) is 10.2. The number of hydrogen-bond donors (Lipinski definition) is 1. The van der Waals surface area contributed by atoms with E-state index in [1.54, 1.807) is 11.3 Å². The highest BCUT2D eigenvalue weighted by molar-refractivity contribution is 7.10. The first-order valence-electron chi connectivity index (χ1n) is 4.71. The van der Waals surface area contributed by atoms with Crippen molar-refractivity contribution in [3.63, 3.8) is 0 Å². The van der Waals surface area contributed by atoms with Crippen LogP contribution >= 0.6 is 11.3 Å². The molecular weight excluding hydrogens is 204 g/mol. The van der Waals surface area contributed by atoms with Crippen LogP contribution in [0.25, 0.3) is 0 Å². The maximum absolute atomic E-state index is 12.7. The molecule has 0 amide bonds. The van der Waals surface area contributed by atoms with Crippen LogP contribution < -0.4 is 5.32 Å². The molecule has 4 heteroatoms. The summed E-state index contributed by atoms with van der Waals surface area (Å²) in [5.74, 6) is -2.33. The molecule has 2 rings (SSSR count). The molecule has 0 bridgehead atoms. The lowest BCUT2D eigenvalue weighted by molar-refractivity contribution is -0.119. The van der Waals surface area contributed by atoms with Gasteiger partial charge in [-0.05, 0) is 24.4 Å². The predicted molar refractivity (Wildman–Crippen MR) is 53.8 cm³/mol. The second kappa shape index (κ2) is 3.59. The van der Waals surface area contributed by atoms with Crippen LogP contribution in [0.2, 0.25) is 0 Å². The average Bonchev–Trinajstić information content (AvgIpc) is 2.55. The molecule has 0 aromatic carbocycles. The van der Waals surface area contributed by atoms with Crippen molar-refractivity contribution in [1.29, 1.82) is 0 Å². The van der Waals surface area contributed by atoms with Gasteiger partial charge in [0.25, 0.3) is 0 Å². The molecule has 0 aliphatic heterocycles. The van der Waals surface area contributed by atoms with Gasteiger partial charge < -0.3 is 5.32 Å². The van der Waals surface area contributed by atoms with E-state index in [9.17, 15) is 8.78 Å². The maximum atomic E-state index is 12.7. The molecular formula is C10H13F2NS. The van der Waals surface area contributed by atoms with Crippen molar-refractivity contribution in [2.75, 3.05) is 7.05 Å². The highest BCUT2D eigenvalue weighted by atomic mass is 32.1. The highest BCUT2D eigenvalue weighted by Crippen LogP contribution is 2.48. The van der Waals surface area contributed by atoms with Crippen molar-refractivity contribution >= 4 is 11.3 Å². The molecule has 78 valence electrons. The van der Waals surface area contributed by atoms with Gasteiger partial charge in [0.1, 0.15) is 0 Å². The van der Waals surface area contributed by atoms with Crippen molar-refractivity contribution < 1.29 is 8.78 Å². The van der Waals surface area contributed by atoms with Crippen LogP contribution in [0.4, 0.5) is 8.78 Å². The molecule has 1 aliphatic carbocycles. The normalized spacial score (nSPS) is 23.1. The lowest BCUT2D eigenvalue weighted by Gasteiger charge is -2.39. The number of hydrogen-bond acceptors (Lipinski definition) is 2. The second-order valence-corrected chi connectivity index (χ2v) is 4.79. The van der Waals surface area contributed by atoms with Crippen molar-refractivity contribution in [2.45, 2.75) is 24.8 Å². The van der Waals surface area contributed by atoms with Crippen molar-refractivity contribution in [1.82, 2.24) is 5.32 Å². The van der Waals surface area contributed by atoms with Gasteiger partial charge in [-0.3, -0.25) is 0 Å². The van der Waals surface area contributed by atoms with Gasteiger partial charge >= 0.3 is 0 Å². The molecule has 0 spiro atoms. The van der Waals surface area contributed by atoms with E-state index >= 15 is 0 Å². The number of nitrogens with one attached hydrogen (secondary N) is 1. The van der Waals surface area contributed by atoms with E-state index < -0.39 is 5.92 Å². The average molecular weight is 217 g/mol. The van der Waals surface area contributed by atoms with E-state index in [1.165, 1.54) is 0 Å². The number of rotatable bonds is 3. The van der Waals surface area contributed by atoms with Gasteiger partial charge in [0.15, 0.2) is 0 Å². The van der Waals surface area contributed by atoms with Gasteiger partial charge in [-0.25, -0.2) is 8.78 Å². The zero-order valence-electron chi connectivity index (χ0n) is 7.97. The fourth-order valence-electron chi connectivity index (χ4n) is 2.02. The fourth-order valence-corrected chi connectivity index (χ4v) is 2.95. The van der Waals surface area contributed by atoms with E-state index in [2.05, 4.69) is 5.32 Å². The summed E-state index contributed by atoms with van der Waals surface area (Å²) in [5.41, 5.74) is 0. The molecule has 1 N–H and O–H groups in total. The Morgan fingerprint density at radius 3 is 2.71 bits per heavy atom. The standard InChI is InChI=1S/C10H13F2NS/c1-13-9(8-3-2-4-14-8)7-5-10(11,12)6-7/h2-4,7,9,13H,5-6H2,1H3. The van der Waals surface area contributed by atoms with Crippen LogP contribution in [0.15, 0.2) is 17.5 Å². The molecule has 1 saturated carbocycles. The molecule has 1 aromatic heterocycles. The predicted octanol–water partition coefficient (Wildman–Crippen LogP) is 3.05. The van der Waals surface area contributed by atoms with Crippen LogP contribution in [0.5, 0.6) is 0 Å². The molecule has 1 aliphatic rings. The molecule has 0 saturated heterocycles. The third-order valence-corrected chi connectivity index (χ3v) is 3.71. The Hall–Kier alpha value is -0.480. The first kappa shape index (κ1) is 10.1. The minimum atomic E-state index is -2.42. The SMILES string of the molecule is CNC(c1cccs1)C1CC(F)(F)C1. The Morgan fingerprint density at radius 2 is 2.29 bits per heavy atom. The molecule has 1 atom stereocenters. The Balaban J connectivity index is 2.02. The summed E-state index contributed by atoms with van der Waals surface area (Å²) >= 11 is 1.63. The monoisotopic (exact) mass is 217 g/mol. The summed E-state index contributed by atoms with van der Waals surface area (Å²) in [4.78, 5) is 1.16.